The zero-order chi connectivity index (χ0) is 12.3. The first-order valence-electron chi connectivity index (χ1n) is 5.28. The lowest BCUT2D eigenvalue weighted by molar-refractivity contribution is -0.673. The molecule has 2 nitrogen and oxygen atoms in total. The molecule has 0 atom stereocenters. The fourth-order valence-corrected chi connectivity index (χ4v) is 1.92. The molecule has 0 saturated heterocycles. The third-order valence-corrected chi connectivity index (χ3v) is 3.01. The van der Waals surface area contributed by atoms with Gasteiger partial charge in [-0.15, -0.1) is 0 Å². The highest BCUT2D eigenvalue weighted by Crippen LogP contribution is 2.23. The van der Waals surface area contributed by atoms with Crippen LogP contribution in [0.5, 0.6) is 5.75 Å². The number of hydrogen-bond acceptors (Lipinski definition) is 1. The summed E-state index contributed by atoms with van der Waals surface area (Å²) in [6.07, 6.45) is 5.86. The van der Waals surface area contributed by atoms with Gasteiger partial charge in [-0.1, -0.05) is 15.9 Å². The number of rotatable bonds is 2. The molecule has 0 spiro atoms. The monoisotopic (exact) mass is 417 g/mol. The predicted octanol–water partition coefficient (Wildman–Crippen LogP) is 0.154. The maximum atomic E-state index is 9.70. The van der Waals surface area contributed by atoms with Crippen LogP contribution in [0.1, 0.15) is 11.3 Å². The second kappa shape index (κ2) is 6.89. The van der Waals surface area contributed by atoms with Crippen molar-refractivity contribution in [2.24, 2.45) is 7.05 Å². The van der Waals surface area contributed by atoms with E-state index in [0.29, 0.717) is 0 Å². The molecule has 0 aliphatic carbocycles. The lowest BCUT2D eigenvalue weighted by Crippen LogP contribution is -3.00. The summed E-state index contributed by atoms with van der Waals surface area (Å²) in [6.45, 7) is 0. The SMILES string of the molecule is C[n+]1ccccc1C=Cc1cc(Br)ccc1O.[I-]. The van der Waals surface area contributed by atoms with Crippen LogP contribution < -0.4 is 28.5 Å². The molecule has 4 heteroatoms. The molecule has 18 heavy (non-hydrogen) atoms. The zero-order valence-electron chi connectivity index (χ0n) is 9.85. The normalized spacial score (nSPS) is 10.3. The second-order valence-electron chi connectivity index (χ2n) is 3.77. The summed E-state index contributed by atoms with van der Waals surface area (Å²) >= 11 is 3.39. The van der Waals surface area contributed by atoms with Gasteiger partial charge in [0.2, 0.25) is 5.69 Å². The van der Waals surface area contributed by atoms with Gasteiger partial charge in [-0.3, -0.25) is 0 Å². The van der Waals surface area contributed by atoms with Crippen LogP contribution in [0.15, 0.2) is 47.1 Å². The summed E-state index contributed by atoms with van der Waals surface area (Å²) in [7, 11) is 1.99. The fraction of sp³-hybridized carbons (Fsp3) is 0.0714. The highest BCUT2D eigenvalue weighted by Gasteiger charge is 2.01. The Kier molecular flexibility index (Phi) is 5.81. The van der Waals surface area contributed by atoms with E-state index in [4.69, 9.17) is 0 Å². The van der Waals surface area contributed by atoms with E-state index in [9.17, 15) is 5.11 Å². The van der Waals surface area contributed by atoms with E-state index >= 15 is 0 Å². The van der Waals surface area contributed by atoms with E-state index in [-0.39, 0.29) is 29.7 Å². The van der Waals surface area contributed by atoms with Crippen LogP contribution in [-0.2, 0) is 7.05 Å². The number of aromatic nitrogens is 1. The average Bonchev–Trinajstić information content (AvgIpc) is 2.32. The summed E-state index contributed by atoms with van der Waals surface area (Å²) in [6, 6.07) is 11.4. The molecule has 0 aliphatic rings. The van der Waals surface area contributed by atoms with Gasteiger partial charge in [-0.05, 0) is 30.3 Å². The zero-order valence-corrected chi connectivity index (χ0v) is 13.6. The first-order chi connectivity index (χ1) is 8.16. The third-order valence-electron chi connectivity index (χ3n) is 2.52. The van der Waals surface area contributed by atoms with Gasteiger partial charge in [0, 0.05) is 28.2 Å². The Labute approximate surface area is 132 Å². The Hall–Kier alpha value is -0.880. The lowest BCUT2D eigenvalue weighted by Gasteiger charge is -1.99. The Bertz CT molecular complexity index is 569. The maximum Gasteiger partial charge on any atom is 0.204 e. The van der Waals surface area contributed by atoms with E-state index < -0.39 is 0 Å². The van der Waals surface area contributed by atoms with Crippen molar-refractivity contribution in [1.82, 2.24) is 0 Å². The van der Waals surface area contributed by atoms with Crippen LogP contribution in [0, 0.1) is 0 Å². The molecule has 0 unspecified atom stereocenters. The third kappa shape index (κ3) is 3.81. The highest BCUT2D eigenvalue weighted by atomic mass is 127. The van der Waals surface area contributed by atoms with Crippen molar-refractivity contribution >= 4 is 28.1 Å². The van der Waals surface area contributed by atoms with Crippen LogP contribution in [-0.4, -0.2) is 5.11 Å². The summed E-state index contributed by atoms with van der Waals surface area (Å²) < 4.78 is 2.97. The Morgan fingerprint density at radius 1 is 1.17 bits per heavy atom. The first-order valence-corrected chi connectivity index (χ1v) is 6.07. The minimum absolute atomic E-state index is 0. The Morgan fingerprint density at radius 3 is 2.67 bits per heavy atom. The molecule has 1 N–H and O–H groups in total. The smallest absolute Gasteiger partial charge is 0.204 e. The van der Waals surface area contributed by atoms with Crippen molar-refractivity contribution in [3.8, 4) is 5.75 Å². The molecule has 0 aliphatic heterocycles. The van der Waals surface area contributed by atoms with E-state index in [1.165, 1.54) is 0 Å². The summed E-state index contributed by atoms with van der Waals surface area (Å²) in [5.41, 5.74) is 1.87. The quantitative estimate of drug-likeness (QED) is 0.546. The van der Waals surface area contributed by atoms with Crippen LogP contribution in [0.25, 0.3) is 12.2 Å². The largest absolute Gasteiger partial charge is 1.00 e. The lowest BCUT2D eigenvalue weighted by atomic mass is 10.1. The van der Waals surface area contributed by atoms with Gasteiger partial charge in [-0.2, -0.15) is 0 Å². The summed E-state index contributed by atoms with van der Waals surface area (Å²) in [5, 5.41) is 9.70. The molecule has 0 bridgehead atoms. The standard InChI is InChI=1S/C14H12BrNO.HI/c1-16-9-3-2-4-13(16)7-5-11-10-12(15)6-8-14(11)17;/h2-10H,1H3;1H. The first kappa shape index (κ1) is 15.2. The minimum atomic E-state index is 0. The van der Waals surface area contributed by atoms with Crippen LogP contribution >= 0.6 is 15.9 Å². The van der Waals surface area contributed by atoms with Gasteiger partial charge >= 0.3 is 0 Å². The molecule has 0 fully saturated rings. The average molecular weight is 418 g/mol. The van der Waals surface area contributed by atoms with E-state index in [1.807, 2.05) is 60.3 Å². The molecular weight excluding hydrogens is 405 g/mol. The topological polar surface area (TPSA) is 24.1 Å². The maximum absolute atomic E-state index is 9.70. The highest BCUT2D eigenvalue weighted by molar-refractivity contribution is 9.10. The summed E-state index contributed by atoms with van der Waals surface area (Å²) in [4.78, 5) is 0. The fourth-order valence-electron chi connectivity index (χ4n) is 1.54. The van der Waals surface area contributed by atoms with Gasteiger partial charge in [0.1, 0.15) is 12.8 Å². The van der Waals surface area contributed by atoms with Crippen molar-refractivity contribution in [1.29, 1.82) is 0 Å². The number of aryl methyl sites for hydroxylation is 1. The molecule has 2 rings (SSSR count). The second-order valence-corrected chi connectivity index (χ2v) is 4.69. The van der Waals surface area contributed by atoms with E-state index in [0.717, 1.165) is 15.7 Å². The van der Waals surface area contributed by atoms with Crippen molar-refractivity contribution in [2.75, 3.05) is 0 Å². The summed E-state index contributed by atoms with van der Waals surface area (Å²) in [5.74, 6) is 0.281. The molecule has 0 saturated carbocycles. The molecule has 94 valence electrons. The number of phenolic OH excluding ortho intramolecular Hbond substituents is 1. The van der Waals surface area contributed by atoms with Crippen molar-refractivity contribution < 1.29 is 33.7 Å². The van der Waals surface area contributed by atoms with E-state index in [1.54, 1.807) is 6.07 Å². The molecule has 2 aromatic rings. The van der Waals surface area contributed by atoms with Gasteiger partial charge in [0.25, 0.3) is 0 Å². The number of hydrogen-bond donors (Lipinski definition) is 1. The van der Waals surface area contributed by atoms with Crippen molar-refractivity contribution in [3.63, 3.8) is 0 Å². The van der Waals surface area contributed by atoms with Crippen molar-refractivity contribution in [3.05, 3.63) is 58.3 Å². The van der Waals surface area contributed by atoms with Crippen molar-refractivity contribution in [2.45, 2.75) is 0 Å². The van der Waals surface area contributed by atoms with Crippen LogP contribution in [0.4, 0.5) is 0 Å². The molecule has 0 radical (unpaired) electrons. The number of benzene rings is 1. The number of phenols is 1. The number of aromatic hydroxyl groups is 1. The molecule has 0 amide bonds. The predicted molar refractivity (Wildman–Crippen MR) is 72.4 cm³/mol. The van der Waals surface area contributed by atoms with Crippen LogP contribution in [0.3, 0.4) is 0 Å². The molecule has 1 aromatic heterocycles. The van der Waals surface area contributed by atoms with Gasteiger partial charge < -0.3 is 29.1 Å². The molecule has 1 heterocycles. The Morgan fingerprint density at radius 2 is 1.94 bits per heavy atom. The number of halogens is 2. The van der Waals surface area contributed by atoms with Crippen LogP contribution in [0.2, 0.25) is 0 Å². The molecule has 1 aromatic carbocycles. The minimum Gasteiger partial charge on any atom is -1.00 e. The Balaban J connectivity index is 0.00000162. The van der Waals surface area contributed by atoms with Gasteiger partial charge in [-0.25, -0.2) is 4.57 Å². The van der Waals surface area contributed by atoms with E-state index in [2.05, 4.69) is 15.9 Å². The number of pyridine rings is 1. The van der Waals surface area contributed by atoms with Gasteiger partial charge in [0.15, 0.2) is 6.20 Å². The van der Waals surface area contributed by atoms with Gasteiger partial charge in [0.05, 0.1) is 0 Å². The molecular formula is C14H13BrINO. The number of nitrogens with zero attached hydrogens (tertiary/aromatic N) is 1.